The first-order valence-corrected chi connectivity index (χ1v) is 7.74. The van der Waals surface area contributed by atoms with E-state index in [1.54, 1.807) is 4.90 Å². The average Bonchev–Trinajstić information content (AvgIpc) is 2.83. The molecule has 3 atom stereocenters. The number of rotatable bonds is 2. The summed E-state index contributed by atoms with van der Waals surface area (Å²) in [5.41, 5.74) is -0.986. The number of carboxylic acids is 1. The Bertz CT molecular complexity index is 399. The molecule has 1 N–H and O–H groups in total. The van der Waals surface area contributed by atoms with E-state index in [2.05, 4.69) is 13.8 Å². The molecular weight excluding hydrogens is 256 g/mol. The number of urea groups is 1. The summed E-state index contributed by atoms with van der Waals surface area (Å²) in [7, 11) is 0. The zero-order valence-corrected chi connectivity index (χ0v) is 12.8. The van der Waals surface area contributed by atoms with Gasteiger partial charge < -0.3 is 14.9 Å². The second-order valence-corrected chi connectivity index (χ2v) is 6.40. The molecule has 0 spiro atoms. The molecule has 0 aromatic rings. The van der Waals surface area contributed by atoms with Crippen LogP contribution in [0.1, 0.15) is 52.9 Å². The van der Waals surface area contributed by atoms with Crippen LogP contribution in [0, 0.1) is 5.92 Å². The molecule has 0 aromatic heterocycles. The second-order valence-electron chi connectivity index (χ2n) is 6.40. The van der Waals surface area contributed by atoms with Crippen LogP contribution in [0.5, 0.6) is 0 Å². The minimum atomic E-state index is -0.986. The molecule has 0 aromatic carbocycles. The van der Waals surface area contributed by atoms with Crippen molar-refractivity contribution >= 4 is 12.0 Å². The molecule has 20 heavy (non-hydrogen) atoms. The van der Waals surface area contributed by atoms with Crippen LogP contribution in [0.15, 0.2) is 0 Å². The van der Waals surface area contributed by atoms with Gasteiger partial charge in [-0.05, 0) is 44.9 Å². The minimum absolute atomic E-state index is 0.0776. The number of hydrogen-bond acceptors (Lipinski definition) is 2. The van der Waals surface area contributed by atoms with Crippen molar-refractivity contribution in [2.75, 3.05) is 13.1 Å². The number of carboxylic acid groups (broad SMARTS) is 1. The van der Waals surface area contributed by atoms with Gasteiger partial charge in [-0.2, -0.15) is 0 Å². The van der Waals surface area contributed by atoms with Crippen LogP contribution in [0.2, 0.25) is 0 Å². The first kappa shape index (κ1) is 15.1. The molecule has 2 rings (SSSR count). The highest BCUT2D eigenvalue weighted by atomic mass is 16.4. The summed E-state index contributed by atoms with van der Waals surface area (Å²) in [6, 6.07) is 0.126. The van der Waals surface area contributed by atoms with E-state index in [9.17, 15) is 14.7 Å². The Morgan fingerprint density at radius 2 is 2.00 bits per heavy atom. The summed E-state index contributed by atoms with van der Waals surface area (Å²) in [6.07, 6.45) is 3.85. The summed E-state index contributed by atoms with van der Waals surface area (Å²) in [5, 5.41) is 9.58. The van der Waals surface area contributed by atoms with Crippen molar-refractivity contribution in [3.05, 3.63) is 0 Å². The van der Waals surface area contributed by atoms with Gasteiger partial charge in [-0.25, -0.2) is 9.59 Å². The van der Waals surface area contributed by atoms with Crippen LogP contribution >= 0.6 is 0 Å². The minimum Gasteiger partial charge on any atom is -0.479 e. The van der Waals surface area contributed by atoms with Gasteiger partial charge in [0, 0.05) is 19.1 Å². The Kier molecular flexibility index (Phi) is 4.25. The predicted octanol–water partition coefficient (Wildman–Crippen LogP) is 2.56. The van der Waals surface area contributed by atoms with E-state index in [1.165, 1.54) is 0 Å². The third-order valence-electron chi connectivity index (χ3n) is 5.09. The summed E-state index contributed by atoms with van der Waals surface area (Å²) in [5.74, 6) is -0.216. The number of amides is 2. The highest BCUT2D eigenvalue weighted by molar-refractivity contribution is 5.87. The number of carbonyl (C=O) groups excluding carboxylic acids is 1. The molecule has 0 aliphatic carbocycles. The van der Waals surface area contributed by atoms with E-state index < -0.39 is 11.5 Å². The highest BCUT2D eigenvalue weighted by Crippen LogP contribution is 2.35. The predicted molar refractivity (Wildman–Crippen MR) is 76.6 cm³/mol. The monoisotopic (exact) mass is 282 g/mol. The van der Waals surface area contributed by atoms with Gasteiger partial charge in [-0.15, -0.1) is 0 Å². The molecule has 2 amide bonds. The van der Waals surface area contributed by atoms with Crippen LogP contribution in [0.3, 0.4) is 0 Å². The van der Waals surface area contributed by atoms with Crippen molar-refractivity contribution in [2.24, 2.45) is 5.92 Å². The number of hydrogen-bond donors (Lipinski definition) is 1. The van der Waals surface area contributed by atoms with Gasteiger partial charge in [0.15, 0.2) is 0 Å². The Hall–Kier alpha value is -1.26. The lowest BCUT2D eigenvalue weighted by molar-refractivity contribution is -0.148. The normalized spacial score (nSPS) is 34.4. The summed E-state index contributed by atoms with van der Waals surface area (Å²) >= 11 is 0. The maximum absolute atomic E-state index is 12.8. The molecule has 5 nitrogen and oxygen atoms in total. The molecule has 2 heterocycles. The van der Waals surface area contributed by atoms with Gasteiger partial charge in [0.2, 0.25) is 0 Å². The smallest absolute Gasteiger partial charge is 0.329 e. The number of aliphatic carboxylic acids is 1. The number of carbonyl (C=O) groups is 2. The third kappa shape index (κ3) is 2.38. The molecule has 5 heteroatoms. The molecule has 3 unspecified atom stereocenters. The van der Waals surface area contributed by atoms with Gasteiger partial charge in [0.1, 0.15) is 5.54 Å². The lowest BCUT2D eigenvalue weighted by Gasteiger charge is -2.42. The highest BCUT2D eigenvalue weighted by Gasteiger charge is 2.50. The van der Waals surface area contributed by atoms with Crippen molar-refractivity contribution in [3.63, 3.8) is 0 Å². The Morgan fingerprint density at radius 3 is 2.55 bits per heavy atom. The zero-order valence-electron chi connectivity index (χ0n) is 12.8. The van der Waals surface area contributed by atoms with Crippen LogP contribution in [-0.4, -0.2) is 51.6 Å². The third-order valence-corrected chi connectivity index (χ3v) is 5.09. The van der Waals surface area contributed by atoms with Crippen molar-refractivity contribution in [3.8, 4) is 0 Å². The van der Waals surface area contributed by atoms with Crippen LogP contribution in [0.4, 0.5) is 4.79 Å². The first-order chi connectivity index (χ1) is 9.42. The summed E-state index contributed by atoms with van der Waals surface area (Å²) in [4.78, 5) is 27.9. The van der Waals surface area contributed by atoms with Crippen molar-refractivity contribution in [1.29, 1.82) is 0 Å². The van der Waals surface area contributed by atoms with E-state index in [0.717, 1.165) is 25.8 Å². The fourth-order valence-corrected chi connectivity index (χ4v) is 3.75. The van der Waals surface area contributed by atoms with Crippen molar-refractivity contribution in [2.45, 2.75) is 64.5 Å². The Morgan fingerprint density at radius 1 is 1.30 bits per heavy atom. The fourth-order valence-electron chi connectivity index (χ4n) is 3.75. The Balaban J connectivity index is 2.17. The lowest BCUT2D eigenvalue weighted by atomic mass is 9.92. The first-order valence-electron chi connectivity index (χ1n) is 7.74. The molecule has 0 saturated carbocycles. The molecule has 0 bridgehead atoms. The van der Waals surface area contributed by atoms with Gasteiger partial charge in [-0.1, -0.05) is 13.8 Å². The molecule has 114 valence electrons. The average molecular weight is 282 g/mol. The molecule has 2 fully saturated rings. The van der Waals surface area contributed by atoms with E-state index in [-0.39, 0.29) is 12.1 Å². The molecule has 0 radical (unpaired) electrons. The molecule has 2 saturated heterocycles. The summed E-state index contributed by atoms with van der Waals surface area (Å²) < 4.78 is 0. The van der Waals surface area contributed by atoms with Crippen molar-refractivity contribution in [1.82, 2.24) is 9.80 Å². The number of likely N-dealkylation sites (tertiary alicyclic amines) is 2. The van der Waals surface area contributed by atoms with E-state index in [4.69, 9.17) is 0 Å². The van der Waals surface area contributed by atoms with E-state index >= 15 is 0 Å². The SMILES string of the molecule is CCC1(C(=O)O)CCCN1C(=O)N1CCC(C)CC1C. The largest absolute Gasteiger partial charge is 0.479 e. The van der Waals surface area contributed by atoms with Crippen LogP contribution in [-0.2, 0) is 4.79 Å². The second kappa shape index (κ2) is 5.62. The number of piperidine rings is 1. The molecule has 2 aliphatic heterocycles. The summed E-state index contributed by atoms with van der Waals surface area (Å²) in [6.45, 7) is 7.45. The maximum Gasteiger partial charge on any atom is 0.329 e. The Labute approximate surface area is 120 Å². The van der Waals surface area contributed by atoms with E-state index in [0.29, 0.717) is 25.3 Å². The van der Waals surface area contributed by atoms with Crippen molar-refractivity contribution < 1.29 is 14.7 Å². The van der Waals surface area contributed by atoms with Gasteiger partial charge in [-0.3, -0.25) is 0 Å². The standard InChI is InChI=1S/C15H26N2O3/c1-4-15(13(18)19)7-5-8-17(15)14(20)16-9-6-11(2)10-12(16)3/h11-12H,4-10H2,1-3H3,(H,18,19). The van der Waals surface area contributed by atoms with Gasteiger partial charge in [0.05, 0.1) is 0 Å². The zero-order chi connectivity index (χ0) is 14.9. The van der Waals surface area contributed by atoms with Gasteiger partial charge >= 0.3 is 12.0 Å². The number of nitrogens with zero attached hydrogens (tertiary/aromatic N) is 2. The quantitative estimate of drug-likeness (QED) is 0.846. The molecule has 2 aliphatic rings. The van der Waals surface area contributed by atoms with E-state index in [1.807, 2.05) is 11.8 Å². The van der Waals surface area contributed by atoms with Crippen LogP contribution < -0.4 is 0 Å². The maximum atomic E-state index is 12.8. The van der Waals surface area contributed by atoms with Gasteiger partial charge in [0.25, 0.3) is 0 Å². The van der Waals surface area contributed by atoms with Crippen LogP contribution in [0.25, 0.3) is 0 Å². The fraction of sp³-hybridized carbons (Fsp3) is 0.867. The topological polar surface area (TPSA) is 60.9 Å². The lowest BCUT2D eigenvalue weighted by Crippen LogP contribution is -2.59. The molecular formula is C15H26N2O3.